The van der Waals surface area contributed by atoms with Crippen LogP contribution in [0.2, 0.25) is 0 Å². The minimum atomic E-state index is -0.301. The minimum Gasteiger partial charge on any atom is -0.486 e. The monoisotopic (exact) mass is 519 g/mol. The molecule has 4 aromatic carbocycles. The Morgan fingerprint density at radius 2 is 1.39 bits per heavy atom. The fourth-order valence-electron chi connectivity index (χ4n) is 4.18. The summed E-state index contributed by atoms with van der Waals surface area (Å²) in [6.07, 6.45) is 0. The number of benzene rings is 4. The zero-order valence-electron chi connectivity index (χ0n) is 21.4. The van der Waals surface area contributed by atoms with Crippen LogP contribution in [0.1, 0.15) is 41.3 Å². The molecular weight excluding hydrogens is 490 g/mol. The summed E-state index contributed by atoms with van der Waals surface area (Å²) in [6, 6.07) is 39.8. The van der Waals surface area contributed by atoms with E-state index in [0.29, 0.717) is 5.76 Å². The van der Waals surface area contributed by atoms with Crippen molar-refractivity contribution in [1.82, 2.24) is 0 Å². The molecule has 5 aromatic rings. The SMILES string of the molecule is CC(C)(c1ccccc1)c1ccc(OCc2ccc(C(=O)Nc3ccccc3Sc3ccccc3)o2)cc1. The molecule has 0 saturated heterocycles. The fourth-order valence-corrected chi connectivity index (χ4v) is 5.10. The van der Waals surface area contributed by atoms with Crippen LogP contribution in [0.25, 0.3) is 0 Å². The Bertz CT molecular complexity index is 1490. The summed E-state index contributed by atoms with van der Waals surface area (Å²) < 4.78 is 11.7. The minimum absolute atomic E-state index is 0.110. The Morgan fingerprint density at radius 1 is 0.763 bits per heavy atom. The molecule has 0 fully saturated rings. The van der Waals surface area contributed by atoms with E-state index in [1.165, 1.54) is 11.1 Å². The highest BCUT2D eigenvalue weighted by atomic mass is 32.2. The van der Waals surface area contributed by atoms with E-state index < -0.39 is 0 Å². The van der Waals surface area contributed by atoms with Gasteiger partial charge >= 0.3 is 0 Å². The number of ether oxygens (including phenoxy) is 1. The molecule has 0 bridgehead atoms. The Balaban J connectivity index is 1.20. The first-order valence-electron chi connectivity index (χ1n) is 12.5. The van der Waals surface area contributed by atoms with Crippen molar-refractivity contribution in [1.29, 1.82) is 0 Å². The van der Waals surface area contributed by atoms with E-state index in [9.17, 15) is 4.79 Å². The smallest absolute Gasteiger partial charge is 0.291 e. The summed E-state index contributed by atoms with van der Waals surface area (Å²) in [5, 5.41) is 2.97. The first-order valence-corrected chi connectivity index (χ1v) is 13.3. The van der Waals surface area contributed by atoms with Gasteiger partial charge in [-0.3, -0.25) is 4.79 Å². The first kappa shape index (κ1) is 25.4. The van der Waals surface area contributed by atoms with Crippen molar-refractivity contribution in [2.24, 2.45) is 0 Å². The van der Waals surface area contributed by atoms with Gasteiger partial charge in [-0.1, -0.05) is 98.4 Å². The average molecular weight is 520 g/mol. The summed E-state index contributed by atoms with van der Waals surface area (Å²) >= 11 is 1.60. The van der Waals surface area contributed by atoms with Gasteiger partial charge in [0.25, 0.3) is 5.91 Å². The summed E-state index contributed by atoms with van der Waals surface area (Å²) in [7, 11) is 0. The van der Waals surface area contributed by atoms with E-state index >= 15 is 0 Å². The maximum absolute atomic E-state index is 12.9. The van der Waals surface area contributed by atoms with Gasteiger partial charge in [-0.25, -0.2) is 0 Å². The number of rotatable bonds is 9. The highest BCUT2D eigenvalue weighted by Crippen LogP contribution is 2.34. The lowest BCUT2D eigenvalue weighted by Crippen LogP contribution is -2.18. The van der Waals surface area contributed by atoms with Crippen LogP contribution in [0, 0.1) is 0 Å². The maximum Gasteiger partial charge on any atom is 0.291 e. The molecule has 0 spiro atoms. The largest absolute Gasteiger partial charge is 0.486 e. The van der Waals surface area contributed by atoms with Crippen molar-refractivity contribution in [2.75, 3.05) is 5.32 Å². The lowest BCUT2D eigenvalue weighted by Gasteiger charge is -2.26. The highest BCUT2D eigenvalue weighted by Gasteiger charge is 2.22. The van der Waals surface area contributed by atoms with Gasteiger partial charge in [0, 0.05) is 15.2 Å². The summed E-state index contributed by atoms with van der Waals surface area (Å²) in [6.45, 7) is 4.66. The zero-order valence-corrected chi connectivity index (χ0v) is 22.2. The molecule has 0 unspecified atom stereocenters. The van der Waals surface area contributed by atoms with E-state index in [2.05, 4.69) is 55.6 Å². The van der Waals surface area contributed by atoms with E-state index in [0.717, 1.165) is 21.2 Å². The Hall–Kier alpha value is -4.22. The molecule has 1 aromatic heterocycles. The van der Waals surface area contributed by atoms with Crippen LogP contribution in [0.15, 0.2) is 136 Å². The molecule has 0 aliphatic carbocycles. The molecule has 0 atom stereocenters. The number of amides is 1. The Kier molecular flexibility index (Phi) is 7.66. The molecule has 5 heteroatoms. The van der Waals surface area contributed by atoms with Gasteiger partial charge in [-0.05, 0) is 59.7 Å². The third kappa shape index (κ3) is 6.01. The number of carbonyl (C=O) groups is 1. The van der Waals surface area contributed by atoms with E-state index in [4.69, 9.17) is 9.15 Å². The highest BCUT2D eigenvalue weighted by molar-refractivity contribution is 7.99. The van der Waals surface area contributed by atoms with Crippen molar-refractivity contribution in [2.45, 2.75) is 35.7 Å². The third-order valence-electron chi connectivity index (χ3n) is 6.44. The lowest BCUT2D eigenvalue weighted by atomic mass is 9.78. The third-order valence-corrected chi connectivity index (χ3v) is 7.53. The van der Waals surface area contributed by atoms with Crippen LogP contribution in [0.4, 0.5) is 5.69 Å². The number of hydrogen-bond donors (Lipinski definition) is 1. The van der Waals surface area contributed by atoms with Crippen molar-refractivity contribution in [3.05, 3.63) is 144 Å². The first-order chi connectivity index (χ1) is 18.5. The number of hydrogen-bond acceptors (Lipinski definition) is 4. The molecule has 1 amide bonds. The number of para-hydroxylation sites is 1. The lowest BCUT2D eigenvalue weighted by molar-refractivity contribution is 0.0992. The molecule has 1 N–H and O–H groups in total. The summed E-state index contributed by atoms with van der Waals surface area (Å²) in [4.78, 5) is 15.0. The van der Waals surface area contributed by atoms with Crippen molar-refractivity contribution < 1.29 is 13.9 Å². The van der Waals surface area contributed by atoms with Crippen LogP contribution in [0.3, 0.4) is 0 Å². The molecule has 4 nitrogen and oxygen atoms in total. The molecule has 0 saturated carbocycles. The second kappa shape index (κ2) is 11.4. The fraction of sp³-hybridized carbons (Fsp3) is 0.121. The molecule has 38 heavy (non-hydrogen) atoms. The van der Waals surface area contributed by atoms with E-state index in [1.807, 2.05) is 72.8 Å². The van der Waals surface area contributed by atoms with Gasteiger partial charge in [0.2, 0.25) is 0 Å². The molecule has 0 radical (unpaired) electrons. The van der Waals surface area contributed by atoms with Crippen molar-refractivity contribution >= 4 is 23.4 Å². The molecule has 1 heterocycles. The predicted octanol–water partition coefficient (Wildman–Crippen LogP) is 8.59. The van der Waals surface area contributed by atoms with Crippen LogP contribution in [-0.4, -0.2) is 5.91 Å². The normalized spacial score (nSPS) is 11.2. The van der Waals surface area contributed by atoms with Crippen LogP contribution < -0.4 is 10.1 Å². The van der Waals surface area contributed by atoms with Gasteiger partial charge < -0.3 is 14.5 Å². The summed E-state index contributed by atoms with van der Waals surface area (Å²) in [5.74, 6) is 1.26. The molecule has 0 aliphatic heterocycles. The van der Waals surface area contributed by atoms with Crippen molar-refractivity contribution in [3.63, 3.8) is 0 Å². The number of furan rings is 1. The number of nitrogens with one attached hydrogen (secondary N) is 1. The van der Waals surface area contributed by atoms with Gasteiger partial charge in [-0.15, -0.1) is 0 Å². The topological polar surface area (TPSA) is 51.5 Å². The molecule has 0 aliphatic rings. The van der Waals surface area contributed by atoms with Crippen LogP contribution in [0.5, 0.6) is 5.75 Å². The maximum atomic E-state index is 12.9. The second-order valence-electron chi connectivity index (χ2n) is 9.44. The average Bonchev–Trinajstić information content (AvgIpc) is 3.44. The Labute approximate surface area is 227 Å². The van der Waals surface area contributed by atoms with Gasteiger partial charge in [0.1, 0.15) is 18.1 Å². The van der Waals surface area contributed by atoms with Crippen LogP contribution in [-0.2, 0) is 12.0 Å². The standard InChI is InChI=1S/C33H29NO3S/c1-33(2,24-11-5-3-6-12-24)25-17-19-26(20-18-25)36-23-27-21-22-30(37-27)32(35)34-29-15-9-10-16-31(29)38-28-13-7-4-8-14-28/h3-22H,23H2,1-2H3,(H,34,35). The van der Waals surface area contributed by atoms with Crippen molar-refractivity contribution in [3.8, 4) is 5.75 Å². The molecular formula is C33H29NO3S. The second-order valence-corrected chi connectivity index (χ2v) is 10.6. The number of anilines is 1. The molecule has 5 rings (SSSR count). The molecule has 190 valence electrons. The predicted molar refractivity (Wildman–Crippen MR) is 153 cm³/mol. The van der Waals surface area contributed by atoms with Crippen LogP contribution >= 0.6 is 11.8 Å². The van der Waals surface area contributed by atoms with Gasteiger partial charge in [0.15, 0.2) is 5.76 Å². The number of carbonyl (C=O) groups excluding carboxylic acids is 1. The van der Waals surface area contributed by atoms with E-state index in [1.54, 1.807) is 23.9 Å². The zero-order chi connectivity index (χ0) is 26.4. The Morgan fingerprint density at radius 3 is 2.13 bits per heavy atom. The summed E-state index contributed by atoms with van der Waals surface area (Å²) in [5.41, 5.74) is 3.09. The quantitative estimate of drug-likeness (QED) is 0.212. The van der Waals surface area contributed by atoms with Gasteiger partial charge in [0.05, 0.1) is 5.69 Å². The van der Waals surface area contributed by atoms with E-state index in [-0.39, 0.29) is 23.7 Å². The van der Waals surface area contributed by atoms with Gasteiger partial charge in [-0.2, -0.15) is 0 Å².